The molecule has 16 heteroatoms. The summed E-state index contributed by atoms with van der Waals surface area (Å²) in [5, 5.41) is 0. The molecular weight excluding hydrogens is 605 g/mol. The van der Waals surface area contributed by atoms with Crippen LogP contribution < -0.4 is 16.9 Å². The number of nitrogens with zero attached hydrogens (tertiary/aromatic N) is 4. The van der Waals surface area contributed by atoms with Gasteiger partial charge in [0.25, 0.3) is 0 Å². The molecule has 3 aliphatic rings. The molecule has 0 bridgehead atoms. The molecule has 0 aromatic carbocycles. The lowest BCUT2D eigenvalue weighted by molar-refractivity contribution is 0.00578. The van der Waals surface area contributed by atoms with Crippen molar-refractivity contribution in [1.29, 1.82) is 0 Å². The summed E-state index contributed by atoms with van der Waals surface area (Å²) in [4.78, 5) is 15.2. The highest BCUT2D eigenvalue weighted by Crippen LogP contribution is 2.43. The highest BCUT2D eigenvalue weighted by Gasteiger charge is 2.63. The minimum absolute atomic E-state index is 0.250. The highest BCUT2D eigenvalue weighted by molar-refractivity contribution is 9.10. The van der Waals surface area contributed by atoms with Crippen LogP contribution >= 0.6 is 15.9 Å². The number of nitrogens with two attached hydrogens (primary N) is 2. The summed E-state index contributed by atoms with van der Waals surface area (Å²) >= 11 is 3.16. The van der Waals surface area contributed by atoms with Crippen molar-refractivity contribution in [3.63, 3.8) is 0 Å². The maximum absolute atomic E-state index is 5.96. The van der Waals surface area contributed by atoms with Gasteiger partial charge < -0.3 is 39.4 Å². The van der Waals surface area contributed by atoms with Crippen LogP contribution in [0.3, 0.4) is 0 Å². The summed E-state index contributed by atoms with van der Waals surface area (Å²) in [6.07, 6.45) is 6.46. The first-order valence-electron chi connectivity index (χ1n) is 13.9. The average molecular weight is 649 g/mol. The van der Waals surface area contributed by atoms with Gasteiger partial charge in [-0.1, -0.05) is 0 Å². The topological polar surface area (TPSA) is 159 Å². The molecule has 0 radical (unpaired) electrons. The number of nitrogen functional groups attached to an aromatic ring is 2. The first kappa shape index (κ1) is 34.7. The van der Waals surface area contributed by atoms with Crippen LogP contribution in [0.2, 0.25) is 0 Å². The Kier molecular flexibility index (Phi) is 9.86. The minimum Gasteiger partial charge on any atom is -0.405 e. The molecule has 42 heavy (non-hydrogen) atoms. The number of hydrogen-bond acceptors (Lipinski definition) is 12. The smallest absolute Gasteiger partial charge is 0.405 e. The fraction of sp³-hybridized carbons (Fsp3) is 0.692. The predicted molar refractivity (Wildman–Crippen MR) is 168 cm³/mol. The molecule has 0 spiro atoms. The molecule has 3 aliphatic heterocycles. The van der Waals surface area contributed by atoms with Gasteiger partial charge in [0, 0.05) is 30.3 Å². The fourth-order valence-corrected chi connectivity index (χ4v) is 3.98. The third-order valence-electron chi connectivity index (χ3n) is 8.62. The molecule has 230 valence electrons. The van der Waals surface area contributed by atoms with Gasteiger partial charge in [-0.15, -0.1) is 0 Å². The largest absolute Gasteiger partial charge is 0.498 e. The van der Waals surface area contributed by atoms with Crippen LogP contribution in [0.15, 0.2) is 29.3 Å². The monoisotopic (exact) mass is 648 g/mol. The Balaban J connectivity index is 0.000000185. The summed E-state index contributed by atoms with van der Waals surface area (Å²) in [5.41, 5.74) is 9.26. The number of rotatable bonds is 2. The molecule has 0 amide bonds. The third-order valence-corrected chi connectivity index (χ3v) is 9.03. The average Bonchev–Trinajstić information content (AvgIpc) is 3.31. The minimum atomic E-state index is -0.476. The molecule has 0 unspecified atom stereocenters. The zero-order valence-electron chi connectivity index (χ0n) is 26.8. The van der Waals surface area contributed by atoms with E-state index in [9.17, 15) is 0 Å². The van der Waals surface area contributed by atoms with Gasteiger partial charge in [-0.3, -0.25) is 0 Å². The van der Waals surface area contributed by atoms with E-state index in [1.165, 1.54) is 0 Å². The van der Waals surface area contributed by atoms with Crippen molar-refractivity contribution in [2.24, 2.45) is 0 Å². The van der Waals surface area contributed by atoms with Crippen LogP contribution in [0.5, 0.6) is 0 Å². The fourth-order valence-electron chi connectivity index (χ4n) is 3.77. The number of anilines is 2. The van der Waals surface area contributed by atoms with Crippen molar-refractivity contribution in [2.45, 2.75) is 117 Å². The Morgan fingerprint density at radius 3 is 1.05 bits per heavy atom. The normalized spacial score (nSPS) is 24.0. The third kappa shape index (κ3) is 7.63. The van der Waals surface area contributed by atoms with Crippen LogP contribution in [0, 0.1) is 0 Å². The lowest BCUT2D eigenvalue weighted by Gasteiger charge is -2.32. The van der Waals surface area contributed by atoms with Gasteiger partial charge in [-0.25, -0.2) is 19.9 Å². The molecule has 4 N–H and O–H groups in total. The van der Waals surface area contributed by atoms with E-state index in [0.29, 0.717) is 5.95 Å². The van der Waals surface area contributed by atoms with Gasteiger partial charge in [-0.05, 0) is 99.0 Å². The molecule has 2 aromatic rings. The van der Waals surface area contributed by atoms with Crippen LogP contribution in [-0.2, 0) is 27.9 Å². The zero-order chi connectivity index (χ0) is 31.9. The standard InChI is InChI=1S/C12H24B2O4.C10H16BN3O2.C4H4BrN3/c1-9(2)10(3,4)16-13(15-9)14-17-11(5,6)12(7,8)18-14;1-9(2)10(3,4)16-11(15-9)7-5-13-8(12)14-6-7;5-3-1-7-4(6)8-2-3/h1-8H3;5-6H,1-4H3,(H2,12,13,14);1-2H,(H2,6,7,8). The van der Waals surface area contributed by atoms with E-state index in [4.69, 9.17) is 39.4 Å². The summed E-state index contributed by atoms with van der Waals surface area (Å²) in [6, 6.07) is 0. The number of halogens is 1. The number of hydrogen-bond donors (Lipinski definition) is 2. The molecule has 5 rings (SSSR count). The van der Waals surface area contributed by atoms with E-state index in [0.717, 1.165) is 9.94 Å². The maximum atomic E-state index is 5.96. The second-order valence-electron chi connectivity index (χ2n) is 13.5. The molecule has 0 atom stereocenters. The first-order valence-corrected chi connectivity index (χ1v) is 14.7. The van der Waals surface area contributed by atoms with E-state index in [-0.39, 0.29) is 39.6 Å². The lowest BCUT2D eigenvalue weighted by Crippen LogP contribution is -2.41. The van der Waals surface area contributed by atoms with Gasteiger partial charge >= 0.3 is 21.1 Å². The Morgan fingerprint density at radius 1 is 0.500 bits per heavy atom. The second kappa shape index (κ2) is 11.9. The Hall–Kier alpha value is -1.81. The molecule has 3 saturated heterocycles. The second-order valence-corrected chi connectivity index (χ2v) is 14.4. The van der Waals surface area contributed by atoms with Gasteiger partial charge in [0.1, 0.15) is 0 Å². The predicted octanol–water partition coefficient (Wildman–Crippen LogP) is 3.43. The SMILES string of the molecule is CC1(C)OB(B2OC(C)(C)C(C)(C)O2)OC1(C)C.CC1(C)OB(c2cnc(N)nc2)OC1(C)C.Nc1ncc(Br)cn1. The summed E-state index contributed by atoms with van der Waals surface area (Å²) in [6.45, 7) is 24.2. The van der Waals surface area contributed by atoms with E-state index < -0.39 is 21.1 Å². The number of aromatic nitrogens is 4. The summed E-state index contributed by atoms with van der Waals surface area (Å²) in [5.74, 6) is 0.550. The van der Waals surface area contributed by atoms with Crippen molar-refractivity contribution < 1.29 is 27.9 Å². The Bertz CT molecular complexity index is 1120. The molecule has 0 saturated carbocycles. The maximum Gasteiger partial charge on any atom is 0.498 e. The molecule has 12 nitrogen and oxygen atoms in total. The van der Waals surface area contributed by atoms with Gasteiger partial charge in [0.05, 0.1) is 38.1 Å². The van der Waals surface area contributed by atoms with Crippen molar-refractivity contribution >= 4 is 54.4 Å². The van der Waals surface area contributed by atoms with Crippen LogP contribution in [0.1, 0.15) is 83.1 Å². The molecule has 2 aromatic heterocycles. The van der Waals surface area contributed by atoms with E-state index in [1.807, 2.05) is 83.1 Å². The Labute approximate surface area is 259 Å². The highest BCUT2D eigenvalue weighted by atomic mass is 79.9. The van der Waals surface area contributed by atoms with Gasteiger partial charge in [0.15, 0.2) is 0 Å². The van der Waals surface area contributed by atoms with Gasteiger partial charge in [0.2, 0.25) is 11.9 Å². The molecule has 3 fully saturated rings. The van der Waals surface area contributed by atoms with Crippen molar-refractivity contribution in [3.05, 3.63) is 29.3 Å². The van der Waals surface area contributed by atoms with Crippen molar-refractivity contribution in [2.75, 3.05) is 11.5 Å². The summed E-state index contributed by atoms with van der Waals surface area (Å²) in [7, 11) is -1.38. The molecule has 5 heterocycles. The van der Waals surface area contributed by atoms with Crippen molar-refractivity contribution in [3.8, 4) is 0 Å². The van der Waals surface area contributed by atoms with Crippen LogP contribution in [-0.4, -0.2) is 74.7 Å². The lowest BCUT2D eigenvalue weighted by atomic mass is 9.49. The summed E-state index contributed by atoms with van der Waals surface area (Å²) < 4.78 is 36.4. The quantitative estimate of drug-likeness (QED) is 0.458. The van der Waals surface area contributed by atoms with Crippen molar-refractivity contribution in [1.82, 2.24) is 19.9 Å². The van der Waals surface area contributed by atoms with Crippen LogP contribution in [0.25, 0.3) is 0 Å². The van der Waals surface area contributed by atoms with E-state index >= 15 is 0 Å². The van der Waals surface area contributed by atoms with Crippen LogP contribution in [0.4, 0.5) is 11.9 Å². The van der Waals surface area contributed by atoms with E-state index in [1.54, 1.807) is 24.8 Å². The molecular formula is C26H44B3BrN6O6. The first-order chi connectivity index (χ1) is 19.0. The van der Waals surface area contributed by atoms with Gasteiger partial charge in [-0.2, -0.15) is 0 Å². The zero-order valence-corrected chi connectivity index (χ0v) is 28.4. The molecule has 0 aliphatic carbocycles. The Morgan fingerprint density at radius 2 is 0.762 bits per heavy atom. The van der Waals surface area contributed by atoms with E-state index in [2.05, 4.69) is 35.9 Å².